The van der Waals surface area contributed by atoms with Crippen LogP contribution in [0.1, 0.15) is 24.9 Å². The maximum absolute atomic E-state index is 4.15. The average molecular weight is 353 g/mol. The fourth-order valence-corrected chi connectivity index (χ4v) is 3.30. The lowest BCUT2D eigenvalue weighted by atomic mass is 9.93. The zero-order valence-corrected chi connectivity index (χ0v) is 15.3. The molecule has 3 rings (SSSR count). The van der Waals surface area contributed by atoms with E-state index in [4.69, 9.17) is 0 Å². The summed E-state index contributed by atoms with van der Waals surface area (Å²) in [6.07, 6.45) is 1.04. The zero-order valence-electron chi connectivity index (χ0n) is 13.6. The van der Waals surface area contributed by atoms with Crippen molar-refractivity contribution in [1.82, 2.24) is 10.2 Å². The van der Waals surface area contributed by atoms with Gasteiger partial charge in [0.2, 0.25) is 0 Å². The van der Waals surface area contributed by atoms with E-state index in [2.05, 4.69) is 66.2 Å². The number of nitrogens with one attached hydrogen (secondary N) is 1. The first kappa shape index (κ1) is 20.0. The standard InChI is InChI=1S/C19H24N2.2ClH/c1-15(2)14-19(21-12-10-20-11-13-21)18-9-5-7-16-6-3-4-8-17(16)18;;/h3-9,19-20H,1,10-14H2,2H3;2*1H/t19-;;/m0../s1. The summed E-state index contributed by atoms with van der Waals surface area (Å²) in [6.45, 7) is 10.7. The van der Waals surface area contributed by atoms with Gasteiger partial charge in [0, 0.05) is 32.2 Å². The van der Waals surface area contributed by atoms with Crippen LogP contribution in [-0.4, -0.2) is 31.1 Å². The molecule has 2 aromatic rings. The van der Waals surface area contributed by atoms with Crippen LogP contribution in [0.25, 0.3) is 10.8 Å². The summed E-state index contributed by atoms with van der Waals surface area (Å²) >= 11 is 0. The van der Waals surface area contributed by atoms with Crippen molar-refractivity contribution in [3.05, 3.63) is 60.2 Å². The maximum Gasteiger partial charge on any atom is 0.0392 e. The highest BCUT2D eigenvalue weighted by Crippen LogP contribution is 2.32. The van der Waals surface area contributed by atoms with Crippen LogP contribution < -0.4 is 5.32 Å². The molecule has 0 radical (unpaired) electrons. The molecule has 1 aliphatic heterocycles. The van der Waals surface area contributed by atoms with Crippen LogP contribution in [0, 0.1) is 0 Å². The van der Waals surface area contributed by atoms with Crippen molar-refractivity contribution >= 4 is 35.6 Å². The Morgan fingerprint density at radius 1 is 1.09 bits per heavy atom. The van der Waals surface area contributed by atoms with Crippen molar-refractivity contribution in [1.29, 1.82) is 0 Å². The Morgan fingerprint density at radius 3 is 2.43 bits per heavy atom. The first-order chi connectivity index (χ1) is 10.3. The Bertz CT molecular complexity index is 631. The Morgan fingerprint density at radius 2 is 1.74 bits per heavy atom. The highest BCUT2D eigenvalue weighted by molar-refractivity contribution is 5.86. The molecule has 1 heterocycles. The number of hydrogen-bond donors (Lipinski definition) is 1. The van der Waals surface area contributed by atoms with Gasteiger partial charge in [-0.1, -0.05) is 48.0 Å². The third-order valence-corrected chi connectivity index (χ3v) is 4.32. The van der Waals surface area contributed by atoms with Gasteiger partial charge in [-0.15, -0.1) is 31.4 Å². The van der Waals surface area contributed by atoms with Crippen molar-refractivity contribution in [2.45, 2.75) is 19.4 Å². The van der Waals surface area contributed by atoms with E-state index in [1.807, 2.05) is 0 Å². The van der Waals surface area contributed by atoms with E-state index >= 15 is 0 Å². The second-order valence-corrected chi connectivity index (χ2v) is 6.03. The maximum atomic E-state index is 4.15. The normalized spacial score (nSPS) is 16.2. The third-order valence-electron chi connectivity index (χ3n) is 4.32. The molecule has 0 bridgehead atoms. The molecule has 126 valence electrons. The lowest BCUT2D eigenvalue weighted by Gasteiger charge is -2.36. The minimum atomic E-state index is 0. The number of fused-ring (bicyclic) bond motifs is 1. The second kappa shape index (κ2) is 9.29. The van der Waals surface area contributed by atoms with Crippen LogP contribution in [-0.2, 0) is 0 Å². The Hall–Kier alpha value is -1.06. The molecule has 2 aromatic carbocycles. The molecule has 0 aliphatic carbocycles. The number of benzene rings is 2. The van der Waals surface area contributed by atoms with Gasteiger partial charge >= 0.3 is 0 Å². The highest BCUT2D eigenvalue weighted by Gasteiger charge is 2.23. The number of halogens is 2. The molecule has 0 aromatic heterocycles. The molecule has 1 atom stereocenters. The number of hydrogen-bond acceptors (Lipinski definition) is 2. The fraction of sp³-hybridized carbons (Fsp3) is 0.368. The summed E-state index contributed by atoms with van der Waals surface area (Å²) in [5.41, 5.74) is 2.70. The molecule has 0 amide bonds. The molecule has 1 fully saturated rings. The molecular formula is C19H26Cl2N2. The topological polar surface area (TPSA) is 15.3 Å². The summed E-state index contributed by atoms with van der Waals surface area (Å²) in [5, 5.41) is 6.16. The predicted molar refractivity (Wildman–Crippen MR) is 105 cm³/mol. The second-order valence-electron chi connectivity index (χ2n) is 6.03. The first-order valence-electron chi connectivity index (χ1n) is 7.82. The van der Waals surface area contributed by atoms with Crippen LogP contribution in [0.4, 0.5) is 0 Å². The van der Waals surface area contributed by atoms with Gasteiger partial charge in [0.25, 0.3) is 0 Å². The molecule has 0 saturated carbocycles. The summed E-state index contributed by atoms with van der Waals surface area (Å²) < 4.78 is 0. The summed E-state index contributed by atoms with van der Waals surface area (Å²) in [4.78, 5) is 2.60. The van der Waals surface area contributed by atoms with Crippen LogP contribution in [0.2, 0.25) is 0 Å². The van der Waals surface area contributed by atoms with Crippen LogP contribution in [0.15, 0.2) is 54.6 Å². The van der Waals surface area contributed by atoms with Crippen molar-refractivity contribution in [2.24, 2.45) is 0 Å². The fourth-order valence-electron chi connectivity index (χ4n) is 3.30. The predicted octanol–water partition coefficient (Wildman–Crippen LogP) is 4.60. The largest absolute Gasteiger partial charge is 0.314 e. The summed E-state index contributed by atoms with van der Waals surface area (Å²) in [6, 6.07) is 15.8. The van der Waals surface area contributed by atoms with Gasteiger partial charge in [0.1, 0.15) is 0 Å². The molecule has 2 nitrogen and oxygen atoms in total. The van der Waals surface area contributed by atoms with Crippen molar-refractivity contribution < 1.29 is 0 Å². The van der Waals surface area contributed by atoms with Crippen LogP contribution >= 0.6 is 24.8 Å². The molecule has 0 spiro atoms. The van der Waals surface area contributed by atoms with Crippen molar-refractivity contribution in [3.8, 4) is 0 Å². The minimum absolute atomic E-state index is 0. The highest BCUT2D eigenvalue weighted by atomic mass is 35.5. The SMILES string of the molecule is C=C(C)C[C@@H](c1cccc2ccccc12)N1CCNCC1.Cl.Cl. The van der Waals surface area contributed by atoms with Gasteiger partial charge in [-0.3, -0.25) is 4.90 Å². The molecular weight excluding hydrogens is 327 g/mol. The van der Waals surface area contributed by atoms with E-state index in [9.17, 15) is 0 Å². The number of piperazine rings is 1. The van der Waals surface area contributed by atoms with Gasteiger partial charge in [0.05, 0.1) is 0 Å². The van der Waals surface area contributed by atoms with Gasteiger partial charge in [-0.05, 0) is 29.7 Å². The van der Waals surface area contributed by atoms with Crippen LogP contribution in [0.5, 0.6) is 0 Å². The van der Waals surface area contributed by atoms with Gasteiger partial charge in [-0.25, -0.2) is 0 Å². The van der Waals surface area contributed by atoms with E-state index in [0.717, 1.165) is 32.6 Å². The third kappa shape index (κ3) is 4.71. The quantitative estimate of drug-likeness (QED) is 0.809. The average Bonchev–Trinajstić information content (AvgIpc) is 2.53. The monoisotopic (exact) mass is 352 g/mol. The molecule has 23 heavy (non-hydrogen) atoms. The zero-order chi connectivity index (χ0) is 14.7. The first-order valence-corrected chi connectivity index (χ1v) is 7.82. The van der Waals surface area contributed by atoms with E-state index in [1.165, 1.54) is 21.9 Å². The number of nitrogens with zero attached hydrogens (tertiary/aromatic N) is 1. The van der Waals surface area contributed by atoms with Crippen molar-refractivity contribution in [3.63, 3.8) is 0 Å². The van der Waals surface area contributed by atoms with E-state index < -0.39 is 0 Å². The molecule has 4 heteroatoms. The Balaban J connectivity index is 0.00000132. The van der Waals surface area contributed by atoms with Crippen LogP contribution in [0.3, 0.4) is 0 Å². The minimum Gasteiger partial charge on any atom is -0.314 e. The Kier molecular flexibility index (Phi) is 8.07. The number of rotatable bonds is 4. The lowest BCUT2D eigenvalue weighted by Crippen LogP contribution is -2.45. The molecule has 1 saturated heterocycles. The van der Waals surface area contributed by atoms with E-state index in [0.29, 0.717) is 6.04 Å². The smallest absolute Gasteiger partial charge is 0.0392 e. The van der Waals surface area contributed by atoms with Gasteiger partial charge < -0.3 is 5.32 Å². The van der Waals surface area contributed by atoms with E-state index in [-0.39, 0.29) is 24.8 Å². The van der Waals surface area contributed by atoms with Crippen molar-refractivity contribution in [2.75, 3.05) is 26.2 Å². The van der Waals surface area contributed by atoms with Gasteiger partial charge in [-0.2, -0.15) is 0 Å². The molecule has 1 N–H and O–H groups in total. The Labute approximate surface area is 151 Å². The molecule has 0 unspecified atom stereocenters. The summed E-state index contributed by atoms with van der Waals surface area (Å²) in [7, 11) is 0. The molecule has 1 aliphatic rings. The summed E-state index contributed by atoms with van der Waals surface area (Å²) in [5.74, 6) is 0. The van der Waals surface area contributed by atoms with Gasteiger partial charge in [0.15, 0.2) is 0 Å². The lowest BCUT2D eigenvalue weighted by molar-refractivity contribution is 0.173. The van der Waals surface area contributed by atoms with E-state index in [1.54, 1.807) is 0 Å².